The highest BCUT2D eigenvalue weighted by Gasteiger charge is 2.42. The van der Waals surface area contributed by atoms with Gasteiger partial charge in [-0.3, -0.25) is 14.7 Å². The molecule has 0 aliphatic carbocycles. The summed E-state index contributed by atoms with van der Waals surface area (Å²) in [5.74, 6) is -4.51. The van der Waals surface area contributed by atoms with Crippen LogP contribution in [0.3, 0.4) is 0 Å². The monoisotopic (exact) mass is 599 g/mol. The van der Waals surface area contributed by atoms with Crippen LogP contribution in [0.5, 0.6) is 0 Å². The van der Waals surface area contributed by atoms with E-state index in [0.29, 0.717) is 17.2 Å². The van der Waals surface area contributed by atoms with Gasteiger partial charge >= 0.3 is 24.3 Å². The molecule has 0 unspecified atom stereocenters. The molecule has 0 saturated carbocycles. The predicted octanol–water partition coefficient (Wildman–Crippen LogP) is 4.29. The number of rotatable bonds is 4. The van der Waals surface area contributed by atoms with Gasteiger partial charge in [-0.2, -0.15) is 26.3 Å². The molecule has 4 heterocycles. The molecule has 3 aliphatic heterocycles. The molecular formula is C26H35F6N3O6. The first kappa shape index (κ1) is 34.3. The smallest absolute Gasteiger partial charge is 0.475 e. The van der Waals surface area contributed by atoms with Gasteiger partial charge in [0.2, 0.25) is 5.91 Å². The third kappa shape index (κ3) is 11.5. The number of halogens is 6. The van der Waals surface area contributed by atoms with Gasteiger partial charge in [0, 0.05) is 45.5 Å². The number of carbonyl (C=O) groups excluding carboxylic acids is 1. The molecule has 9 nitrogen and oxygen atoms in total. The van der Waals surface area contributed by atoms with E-state index in [9.17, 15) is 31.1 Å². The molecule has 1 amide bonds. The average molecular weight is 600 g/mol. The summed E-state index contributed by atoms with van der Waals surface area (Å²) in [6, 6.07) is 4.16. The standard InChI is InChI=1S/C22H33N3O2.2C2HF3O2/c1-18-3-2-10-23-20(18)16-24-11-8-22(9-12-24)7-4-21(26)25(17-22)15-19-5-13-27-14-6-19;2*3-2(4,5)1(6)7/h2-3,10,19H,4-9,11-17H2,1H3;2*(H,6,7). The minimum atomic E-state index is -5.08. The third-order valence-corrected chi connectivity index (χ3v) is 7.46. The number of nitrogens with zero attached hydrogens (tertiary/aromatic N) is 3. The van der Waals surface area contributed by atoms with Crippen molar-refractivity contribution in [3.05, 3.63) is 29.6 Å². The summed E-state index contributed by atoms with van der Waals surface area (Å²) < 4.78 is 69.0. The van der Waals surface area contributed by atoms with Crippen LogP contribution in [0, 0.1) is 18.3 Å². The number of carbonyl (C=O) groups is 3. The molecular weight excluding hydrogens is 564 g/mol. The molecule has 41 heavy (non-hydrogen) atoms. The number of carboxylic acids is 2. The molecule has 15 heteroatoms. The van der Waals surface area contributed by atoms with Crippen molar-refractivity contribution in [1.29, 1.82) is 0 Å². The molecule has 3 fully saturated rings. The fraction of sp³-hybridized carbons (Fsp3) is 0.692. The topological polar surface area (TPSA) is 120 Å². The maximum absolute atomic E-state index is 12.5. The van der Waals surface area contributed by atoms with Gasteiger partial charge < -0.3 is 19.8 Å². The van der Waals surface area contributed by atoms with Crippen LogP contribution in [0.1, 0.15) is 49.8 Å². The third-order valence-electron chi connectivity index (χ3n) is 7.46. The lowest BCUT2D eigenvalue weighted by molar-refractivity contribution is -0.193. The number of aliphatic carboxylic acids is 2. The number of carboxylic acid groups (broad SMARTS) is 2. The van der Waals surface area contributed by atoms with E-state index >= 15 is 0 Å². The van der Waals surface area contributed by atoms with Gasteiger partial charge in [-0.1, -0.05) is 6.07 Å². The maximum atomic E-state index is 12.5. The van der Waals surface area contributed by atoms with E-state index in [2.05, 4.69) is 27.8 Å². The molecule has 4 rings (SSSR count). The number of alkyl halides is 6. The van der Waals surface area contributed by atoms with E-state index in [1.807, 2.05) is 12.3 Å². The van der Waals surface area contributed by atoms with E-state index in [4.69, 9.17) is 24.5 Å². The Hall–Kier alpha value is -2.94. The zero-order valence-corrected chi connectivity index (χ0v) is 22.6. The molecule has 2 N–H and O–H groups in total. The fourth-order valence-corrected chi connectivity index (χ4v) is 5.00. The molecule has 0 bridgehead atoms. The van der Waals surface area contributed by atoms with Gasteiger partial charge in [0.25, 0.3) is 0 Å². The Morgan fingerprint density at radius 1 is 1.02 bits per heavy atom. The molecule has 0 aromatic carbocycles. The van der Waals surface area contributed by atoms with E-state index in [1.54, 1.807) is 0 Å². The van der Waals surface area contributed by atoms with Crippen LogP contribution in [0.2, 0.25) is 0 Å². The minimum absolute atomic E-state index is 0.342. The van der Waals surface area contributed by atoms with Gasteiger partial charge in [-0.15, -0.1) is 0 Å². The maximum Gasteiger partial charge on any atom is 0.490 e. The van der Waals surface area contributed by atoms with Crippen molar-refractivity contribution in [2.75, 3.05) is 39.4 Å². The fourth-order valence-electron chi connectivity index (χ4n) is 5.00. The molecule has 232 valence electrons. The second-order valence-electron chi connectivity index (χ2n) is 10.5. The number of likely N-dealkylation sites (tertiary alicyclic amines) is 2. The molecule has 3 saturated heterocycles. The number of aryl methyl sites for hydroxylation is 1. The van der Waals surface area contributed by atoms with Crippen molar-refractivity contribution in [2.24, 2.45) is 11.3 Å². The van der Waals surface area contributed by atoms with Crippen LogP contribution < -0.4 is 0 Å². The number of hydrogen-bond donors (Lipinski definition) is 2. The van der Waals surface area contributed by atoms with Crippen LogP contribution in [0.25, 0.3) is 0 Å². The summed E-state index contributed by atoms with van der Waals surface area (Å²) in [6.07, 6.45) is -1.83. The predicted molar refractivity (Wildman–Crippen MR) is 133 cm³/mol. The summed E-state index contributed by atoms with van der Waals surface area (Å²) in [4.78, 5) is 39.6. The molecule has 3 aliphatic rings. The second kappa shape index (κ2) is 14.8. The Kier molecular flexibility index (Phi) is 12.4. The normalized spacial score (nSPS) is 20.0. The first-order chi connectivity index (χ1) is 19.0. The summed E-state index contributed by atoms with van der Waals surface area (Å²) in [6.45, 7) is 8.98. The van der Waals surface area contributed by atoms with Crippen molar-refractivity contribution in [3.8, 4) is 0 Å². The lowest BCUT2D eigenvalue weighted by Gasteiger charge is -2.48. The Balaban J connectivity index is 0.000000349. The lowest BCUT2D eigenvalue weighted by atomic mass is 9.72. The van der Waals surface area contributed by atoms with E-state index in [0.717, 1.165) is 71.6 Å². The first-order valence-corrected chi connectivity index (χ1v) is 13.1. The van der Waals surface area contributed by atoms with Crippen molar-refractivity contribution >= 4 is 17.8 Å². The number of piperidine rings is 2. The van der Waals surface area contributed by atoms with E-state index in [1.165, 1.54) is 24.1 Å². The number of hydrogen-bond acceptors (Lipinski definition) is 6. The first-order valence-electron chi connectivity index (χ1n) is 13.1. The highest BCUT2D eigenvalue weighted by Crippen LogP contribution is 2.41. The van der Waals surface area contributed by atoms with Crippen molar-refractivity contribution < 1.29 is 55.7 Å². The van der Waals surface area contributed by atoms with Gasteiger partial charge in [-0.05, 0) is 75.1 Å². The summed E-state index contributed by atoms with van der Waals surface area (Å²) in [7, 11) is 0. The van der Waals surface area contributed by atoms with Crippen LogP contribution in [0.4, 0.5) is 26.3 Å². The number of ether oxygens (including phenoxy) is 1. The average Bonchev–Trinajstić information content (AvgIpc) is 2.89. The quantitative estimate of drug-likeness (QED) is 0.492. The van der Waals surface area contributed by atoms with E-state index in [-0.39, 0.29) is 0 Å². The SMILES string of the molecule is Cc1cccnc1CN1CCC2(CCC(=O)N(CC3CCOCC3)C2)CC1.O=C(O)C(F)(F)F.O=C(O)C(F)(F)F. The largest absolute Gasteiger partial charge is 0.490 e. The summed E-state index contributed by atoms with van der Waals surface area (Å²) in [5, 5.41) is 14.2. The number of amides is 1. The van der Waals surface area contributed by atoms with Crippen LogP contribution >= 0.6 is 0 Å². The summed E-state index contributed by atoms with van der Waals surface area (Å²) in [5.41, 5.74) is 2.83. The molecule has 0 atom stereocenters. The zero-order valence-electron chi connectivity index (χ0n) is 22.6. The molecule has 1 aromatic rings. The van der Waals surface area contributed by atoms with Crippen molar-refractivity contribution in [2.45, 2.75) is 64.3 Å². The van der Waals surface area contributed by atoms with Gasteiger partial charge in [-0.25, -0.2) is 9.59 Å². The summed E-state index contributed by atoms with van der Waals surface area (Å²) >= 11 is 0. The van der Waals surface area contributed by atoms with Crippen LogP contribution in [-0.4, -0.2) is 94.6 Å². The molecule has 0 radical (unpaired) electrons. The van der Waals surface area contributed by atoms with Crippen molar-refractivity contribution in [3.63, 3.8) is 0 Å². The van der Waals surface area contributed by atoms with Crippen LogP contribution in [0.15, 0.2) is 18.3 Å². The Morgan fingerprint density at radius 2 is 1.56 bits per heavy atom. The Labute approximate surface area is 233 Å². The van der Waals surface area contributed by atoms with Gasteiger partial charge in [0.05, 0.1) is 5.69 Å². The van der Waals surface area contributed by atoms with E-state index < -0.39 is 24.3 Å². The van der Waals surface area contributed by atoms with Gasteiger partial charge in [0.15, 0.2) is 0 Å². The van der Waals surface area contributed by atoms with Crippen molar-refractivity contribution in [1.82, 2.24) is 14.8 Å². The Morgan fingerprint density at radius 3 is 2.05 bits per heavy atom. The highest BCUT2D eigenvalue weighted by atomic mass is 19.4. The second-order valence-corrected chi connectivity index (χ2v) is 10.5. The molecule has 1 aromatic heterocycles. The van der Waals surface area contributed by atoms with Crippen LogP contribution in [-0.2, 0) is 25.7 Å². The Bertz CT molecular complexity index is 998. The zero-order chi connectivity index (χ0) is 30.8. The number of pyridine rings is 1. The number of aromatic nitrogens is 1. The highest BCUT2D eigenvalue weighted by molar-refractivity contribution is 5.77. The minimum Gasteiger partial charge on any atom is -0.475 e. The molecule has 1 spiro atoms. The van der Waals surface area contributed by atoms with Gasteiger partial charge in [0.1, 0.15) is 0 Å². The lowest BCUT2D eigenvalue weighted by Crippen LogP contribution is -2.52.